The van der Waals surface area contributed by atoms with Crippen molar-refractivity contribution < 1.29 is 9.59 Å². The molecule has 19 heavy (non-hydrogen) atoms. The monoisotopic (exact) mass is 256 g/mol. The minimum atomic E-state index is 0.00411. The van der Waals surface area contributed by atoms with Gasteiger partial charge in [-0.15, -0.1) is 0 Å². The average Bonchev–Trinajstić information content (AvgIpc) is 2.43. The number of carbonyl (C=O) groups is 2. The molecule has 1 aliphatic carbocycles. The van der Waals surface area contributed by atoms with Crippen LogP contribution in [0.1, 0.15) is 66.3 Å². The maximum absolute atomic E-state index is 12.4. The SMILES string of the molecule is CCCCCc1cccc2c1C(=O)C(C)=C(C)C2=O. The first kappa shape index (κ1) is 13.7. The van der Waals surface area contributed by atoms with Gasteiger partial charge in [0.2, 0.25) is 0 Å². The summed E-state index contributed by atoms with van der Waals surface area (Å²) in [6, 6.07) is 5.64. The summed E-state index contributed by atoms with van der Waals surface area (Å²) in [6.45, 7) is 5.65. The molecule has 0 radical (unpaired) electrons. The number of ketones is 2. The van der Waals surface area contributed by atoms with Gasteiger partial charge < -0.3 is 0 Å². The van der Waals surface area contributed by atoms with Gasteiger partial charge >= 0.3 is 0 Å². The van der Waals surface area contributed by atoms with Gasteiger partial charge in [-0.05, 0) is 32.3 Å². The lowest BCUT2D eigenvalue weighted by Crippen LogP contribution is -2.21. The summed E-state index contributed by atoms with van der Waals surface area (Å²) < 4.78 is 0. The van der Waals surface area contributed by atoms with E-state index in [1.165, 1.54) is 0 Å². The van der Waals surface area contributed by atoms with Gasteiger partial charge in [0.1, 0.15) is 0 Å². The molecule has 0 heterocycles. The fourth-order valence-electron chi connectivity index (χ4n) is 2.56. The van der Waals surface area contributed by atoms with Gasteiger partial charge in [-0.3, -0.25) is 9.59 Å². The molecule has 2 heteroatoms. The zero-order valence-electron chi connectivity index (χ0n) is 11.9. The van der Waals surface area contributed by atoms with Crippen molar-refractivity contribution in [2.24, 2.45) is 0 Å². The molecule has 1 aromatic carbocycles. The first-order valence-electron chi connectivity index (χ1n) is 6.96. The Balaban J connectivity index is 2.44. The third-order valence-electron chi connectivity index (χ3n) is 3.92. The molecule has 1 aliphatic rings. The molecule has 2 rings (SSSR count). The van der Waals surface area contributed by atoms with Crippen LogP contribution in [0.3, 0.4) is 0 Å². The second-order valence-electron chi connectivity index (χ2n) is 5.21. The smallest absolute Gasteiger partial charge is 0.190 e. The second-order valence-corrected chi connectivity index (χ2v) is 5.21. The number of fused-ring (bicyclic) bond motifs is 1. The molecule has 0 amide bonds. The maximum Gasteiger partial charge on any atom is 0.190 e. The molecule has 0 atom stereocenters. The van der Waals surface area contributed by atoms with E-state index in [4.69, 9.17) is 0 Å². The van der Waals surface area contributed by atoms with Crippen molar-refractivity contribution in [1.82, 2.24) is 0 Å². The molecular weight excluding hydrogens is 236 g/mol. The number of benzene rings is 1. The maximum atomic E-state index is 12.4. The quantitative estimate of drug-likeness (QED) is 0.759. The Hall–Kier alpha value is -1.70. The topological polar surface area (TPSA) is 34.1 Å². The van der Waals surface area contributed by atoms with Crippen molar-refractivity contribution in [3.8, 4) is 0 Å². The van der Waals surface area contributed by atoms with Gasteiger partial charge in [-0.1, -0.05) is 38.0 Å². The average molecular weight is 256 g/mol. The van der Waals surface area contributed by atoms with Crippen LogP contribution in [0.5, 0.6) is 0 Å². The van der Waals surface area contributed by atoms with Crippen LogP contribution in [0.2, 0.25) is 0 Å². The Kier molecular flexibility index (Phi) is 3.98. The Morgan fingerprint density at radius 2 is 1.63 bits per heavy atom. The summed E-state index contributed by atoms with van der Waals surface area (Å²) in [5.74, 6) is 0.0311. The highest BCUT2D eigenvalue weighted by atomic mass is 16.1. The standard InChI is InChI=1S/C17H20O2/c1-4-5-6-8-13-9-7-10-14-15(13)17(19)12(3)11(2)16(14)18/h7,9-10H,4-6,8H2,1-3H3. The Morgan fingerprint density at radius 3 is 2.32 bits per heavy atom. The van der Waals surface area contributed by atoms with Crippen molar-refractivity contribution in [2.75, 3.05) is 0 Å². The summed E-state index contributed by atoms with van der Waals surface area (Å²) in [5, 5.41) is 0. The van der Waals surface area contributed by atoms with Gasteiger partial charge in [-0.2, -0.15) is 0 Å². The van der Waals surface area contributed by atoms with Crippen LogP contribution in [-0.2, 0) is 6.42 Å². The fraction of sp³-hybridized carbons (Fsp3) is 0.412. The molecule has 0 saturated carbocycles. The molecule has 0 aliphatic heterocycles. The predicted molar refractivity (Wildman–Crippen MR) is 76.7 cm³/mol. The van der Waals surface area contributed by atoms with Crippen molar-refractivity contribution in [3.05, 3.63) is 46.0 Å². The van der Waals surface area contributed by atoms with Gasteiger partial charge in [0.15, 0.2) is 11.6 Å². The molecule has 0 unspecified atom stereocenters. The normalized spacial score (nSPS) is 14.9. The summed E-state index contributed by atoms with van der Waals surface area (Å²) in [6.07, 6.45) is 4.25. The lowest BCUT2D eigenvalue weighted by Gasteiger charge is -2.19. The molecule has 0 spiro atoms. The van der Waals surface area contributed by atoms with Crippen LogP contribution in [0, 0.1) is 0 Å². The Bertz CT molecular complexity index is 565. The minimum absolute atomic E-state index is 0.00411. The third kappa shape index (κ3) is 2.40. The zero-order chi connectivity index (χ0) is 14.0. The van der Waals surface area contributed by atoms with Gasteiger partial charge in [-0.25, -0.2) is 0 Å². The number of Topliss-reactive ketones (excluding diaryl/α,β-unsaturated/α-hetero) is 2. The highest BCUT2D eigenvalue weighted by Gasteiger charge is 2.29. The van der Waals surface area contributed by atoms with Gasteiger partial charge in [0, 0.05) is 22.3 Å². The summed E-state index contributed by atoms with van der Waals surface area (Å²) >= 11 is 0. The minimum Gasteiger partial charge on any atom is -0.289 e. The van der Waals surface area contributed by atoms with Crippen molar-refractivity contribution in [3.63, 3.8) is 0 Å². The molecule has 0 aromatic heterocycles. The van der Waals surface area contributed by atoms with Crippen molar-refractivity contribution >= 4 is 11.6 Å². The second kappa shape index (κ2) is 5.52. The summed E-state index contributed by atoms with van der Waals surface area (Å²) in [4.78, 5) is 24.7. The number of hydrogen-bond acceptors (Lipinski definition) is 2. The summed E-state index contributed by atoms with van der Waals surface area (Å²) in [7, 11) is 0. The van der Waals surface area contributed by atoms with E-state index in [0.717, 1.165) is 31.2 Å². The Labute approximate surface area is 114 Å². The molecule has 1 aromatic rings. The summed E-state index contributed by atoms with van der Waals surface area (Å²) in [5.41, 5.74) is 3.44. The molecular formula is C17H20O2. The molecule has 2 nitrogen and oxygen atoms in total. The fourth-order valence-corrected chi connectivity index (χ4v) is 2.56. The van der Waals surface area contributed by atoms with Crippen molar-refractivity contribution in [1.29, 1.82) is 0 Å². The number of hydrogen-bond donors (Lipinski definition) is 0. The third-order valence-corrected chi connectivity index (χ3v) is 3.92. The van der Waals surface area contributed by atoms with E-state index in [9.17, 15) is 9.59 Å². The highest BCUT2D eigenvalue weighted by Crippen LogP contribution is 2.29. The first-order valence-corrected chi connectivity index (χ1v) is 6.96. The number of unbranched alkanes of at least 4 members (excludes halogenated alkanes) is 2. The predicted octanol–water partition coefficient (Wildman–Crippen LogP) is 4.13. The van der Waals surface area contributed by atoms with Crippen LogP contribution < -0.4 is 0 Å². The number of aryl methyl sites for hydroxylation is 1. The molecule has 100 valence electrons. The van der Waals surface area contributed by atoms with E-state index < -0.39 is 0 Å². The van der Waals surface area contributed by atoms with Crippen molar-refractivity contribution in [2.45, 2.75) is 46.5 Å². The largest absolute Gasteiger partial charge is 0.289 e. The van der Waals surface area contributed by atoms with Crippen LogP contribution >= 0.6 is 0 Å². The Morgan fingerprint density at radius 1 is 0.947 bits per heavy atom. The molecule has 0 N–H and O–H groups in total. The lowest BCUT2D eigenvalue weighted by molar-refractivity contribution is 0.0974. The lowest BCUT2D eigenvalue weighted by atomic mass is 9.82. The van der Waals surface area contributed by atoms with Crippen LogP contribution in [-0.4, -0.2) is 11.6 Å². The molecule has 0 fully saturated rings. The van der Waals surface area contributed by atoms with E-state index in [-0.39, 0.29) is 11.6 Å². The first-order chi connectivity index (χ1) is 9.07. The van der Waals surface area contributed by atoms with E-state index >= 15 is 0 Å². The van der Waals surface area contributed by atoms with E-state index in [1.807, 2.05) is 12.1 Å². The molecule has 0 bridgehead atoms. The van der Waals surface area contributed by atoms with E-state index in [1.54, 1.807) is 19.9 Å². The zero-order valence-corrected chi connectivity index (χ0v) is 11.9. The van der Waals surface area contributed by atoms with E-state index in [2.05, 4.69) is 6.92 Å². The number of carbonyl (C=O) groups excluding carboxylic acids is 2. The van der Waals surface area contributed by atoms with Crippen LogP contribution in [0.25, 0.3) is 0 Å². The molecule has 0 saturated heterocycles. The number of allylic oxidation sites excluding steroid dienone is 2. The van der Waals surface area contributed by atoms with Crippen LogP contribution in [0.15, 0.2) is 29.3 Å². The highest BCUT2D eigenvalue weighted by molar-refractivity contribution is 6.27. The van der Waals surface area contributed by atoms with Gasteiger partial charge in [0.25, 0.3) is 0 Å². The van der Waals surface area contributed by atoms with E-state index in [0.29, 0.717) is 22.3 Å². The number of rotatable bonds is 4. The van der Waals surface area contributed by atoms with Crippen LogP contribution in [0.4, 0.5) is 0 Å². The van der Waals surface area contributed by atoms with Gasteiger partial charge in [0.05, 0.1) is 0 Å².